The maximum Gasteiger partial charge on any atom is 1.00 e. The Morgan fingerprint density at radius 3 is 0.786 bits per heavy atom. The van der Waals surface area contributed by atoms with Crippen molar-refractivity contribution < 1.29 is 57.3 Å². The van der Waals surface area contributed by atoms with Gasteiger partial charge in [0.05, 0.1) is 82.6 Å². The van der Waals surface area contributed by atoms with E-state index in [-0.39, 0.29) is 37.7 Å². The van der Waals surface area contributed by atoms with Gasteiger partial charge >= 0.3 is 37.7 Å². The summed E-state index contributed by atoms with van der Waals surface area (Å²) in [7, 11) is 17.2. The van der Waals surface area contributed by atoms with Gasteiger partial charge in [-0.05, 0) is 0 Å². The zero-order chi connectivity index (χ0) is 19.7. The minimum absolute atomic E-state index is 0. The van der Waals surface area contributed by atoms with Crippen molar-refractivity contribution >= 4 is 0 Å². The van der Waals surface area contributed by atoms with Gasteiger partial charge in [-0.15, -0.1) is 22.8 Å². The SMILES string of the molecule is C[NH+](C)Cc1ccc(C[NH+](C)C)[n-]1.C[NH+](C)Cc1ccc(C[NH+](C)C)[n-]1.[Li+].[Li+]. The molecule has 0 bridgehead atoms. The van der Waals surface area contributed by atoms with Crippen LogP contribution in [0.4, 0.5) is 0 Å². The van der Waals surface area contributed by atoms with E-state index in [1.165, 1.54) is 42.4 Å². The maximum atomic E-state index is 4.55. The minimum atomic E-state index is 0. The van der Waals surface area contributed by atoms with Gasteiger partial charge in [0, 0.05) is 0 Å². The summed E-state index contributed by atoms with van der Waals surface area (Å²) in [6, 6.07) is 8.52. The molecule has 4 N–H and O–H groups in total. The summed E-state index contributed by atoms with van der Waals surface area (Å²) in [5.74, 6) is 0. The Balaban J connectivity index is 0. The van der Waals surface area contributed by atoms with Crippen molar-refractivity contribution in [3.8, 4) is 0 Å². The molecule has 0 saturated heterocycles. The largest absolute Gasteiger partial charge is 1.00 e. The molecule has 28 heavy (non-hydrogen) atoms. The summed E-state index contributed by atoms with van der Waals surface area (Å²) in [5.41, 5.74) is 4.82. The number of hydrogen-bond acceptors (Lipinski definition) is 0. The third-order valence-corrected chi connectivity index (χ3v) is 3.65. The Hall–Kier alpha value is -0.405. The van der Waals surface area contributed by atoms with Gasteiger partial charge in [0.2, 0.25) is 0 Å². The monoisotopic (exact) mass is 378 g/mol. The molecule has 148 valence electrons. The van der Waals surface area contributed by atoms with Gasteiger partial charge in [-0.1, -0.05) is 24.3 Å². The zero-order valence-electron chi connectivity index (χ0n) is 20.0. The molecule has 8 heteroatoms. The number of rotatable bonds is 8. The average molecular weight is 378 g/mol. The first-order valence-electron chi connectivity index (χ1n) is 9.54. The first-order chi connectivity index (χ1) is 12.2. The molecule has 0 aliphatic carbocycles. The van der Waals surface area contributed by atoms with E-state index >= 15 is 0 Å². The minimum Gasteiger partial charge on any atom is -0.656 e. The van der Waals surface area contributed by atoms with Gasteiger partial charge in [0.25, 0.3) is 0 Å². The Labute approximate surface area is 196 Å². The smallest absolute Gasteiger partial charge is 0.656 e. The second-order valence-electron chi connectivity index (χ2n) is 8.39. The van der Waals surface area contributed by atoms with E-state index in [0.717, 1.165) is 26.2 Å². The van der Waals surface area contributed by atoms with Crippen LogP contribution in [-0.2, 0) is 26.2 Å². The molecule has 0 fully saturated rings. The fourth-order valence-corrected chi connectivity index (χ4v) is 2.75. The van der Waals surface area contributed by atoms with Crippen LogP contribution >= 0.6 is 0 Å². The summed E-state index contributed by atoms with van der Waals surface area (Å²) >= 11 is 0. The molecule has 0 aromatic carbocycles. The fraction of sp³-hybridized carbons (Fsp3) is 0.600. The molecule has 6 nitrogen and oxygen atoms in total. The first-order valence-corrected chi connectivity index (χ1v) is 9.54. The van der Waals surface area contributed by atoms with E-state index in [0.29, 0.717) is 0 Å². The summed E-state index contributed by atoms with van der Waals surface area (Å²) < 4.78 is 0. The molecule has 0 aliphatic heterocycles. The number of nitrogens with one attached hydrogen (secondary N) is 4. The van der Waals surface area contributed by atoms with Gasteiger partial charge in [0.15, 0.2) is 0 Å². The van der Waals surface area contributed by atoms with Gasteiger partial charge < -0.3 is 29.6 Å². The number of hydrogen-bond donors (Lipinski definition) is 4. The second kappa shape index (κ2) is 15.4. The van der Waals surface area contributed by atoms with Gasteiger partial charge in [0.1, 0.15) is 0 Å². The molecule has 2 rings (SSSR count). The van der Waals surface area contributed by atoms with Gasteiger partial charge in [-0.25, -0.2) is 0 Å². The van der Waals surface area contributed by atoms with E-state index < -0.39 is 0 Å². The van der Waals surface area contributed by atoms with Crippen molar-refractivity contribution in [1.82, 2.24) is 9.97 Å². The van der Waals surface area contributed by atoms with Gasteiger partial charge in [-0.3, -0.25) is 0 Å². The normalized spacial score (nSPS) is 10.7. The summed E-state index contributed by atoms with van der Waals surface area (Å²) in [4.78, 5) is 14.8. The third-order valence-electron chi connectivity index (χ3n) is 3.65. The molecular formula is C20H40Li2N6+4. The van der Waals surface area contributed by atoms with Crippen LogP contribution in [-0.4, -0.2) is 56.4 Å². The second-order valence-corrected chi connectivity index (χ2v) is 8.39. The maximum absolute atomic E-state index is 4.55. The Morgan fingerprint density at radius 1 is 0.464 bits per heavy atom. The Morgan fingerprint density at radius 2 is 0.643 bits per heavy atom. The molecule has 0 atom stereocenters. The number of quaternary nitrogens is 4. The van der Waals surface area contributed by atoms with E-state index in [1.54, 1.807) is 0 Å². The van der Waals surface area contributed by atoms with E-state index in [2.05, 4.69) is 90.6 Å². The van der Waals surface area contributed by atoms with Crippen molar-refractivity contribution in [2.75, 3.05) is 56.4 Å². The molecule has 2 heterocycles. The van der Waals surface area contributed by atoms with Crippen molar-refractivity contribution in [2.45, 2.75) is 26.2 Å². The molecule has 0 saturated carbocycles. The molecule has 0 radical (unpaired) electrons. The molecule has 0 amide bonds. The van der Waals surface area contributed by atoms with E-state index in [9.17, 15) is 0 Å². The Kier molecular flexibility index (Phi) is 16.4. The van der Waals surface area contributed by atoms with Crippen molar-refractivity contribution in [2.24, 2.45) is 0 Å². The van der Waals surface area contributed by atoms with E-state index in [4.69, 9.17) is 0 Å². The summed E-state index contributed by atoms with van der Waals surface area (Å²) in [6.45, 7) is 4.07. The third kappa shape index (κ3) is 13.7. The topological polar surface area (TPSA) is 46.0 Å². The summed E-state index contributed by atoms with van der Waals surface area (Å²) in [5, 5.41) is 0. The van der Waals surface area contributed by atoms with Crippen molar-refractivity contribution in [1.29, 1.82) is 0 Å². The zero-order valence-corrected chi connectivity index (χ0v) is 20.0. The van der Waals surface area contributed by atoms with Crippen LogP contribution in [0, 0.1) is 0 Å². The van der Waals surface area contributed by atoms with Crippen LogP contribution in [0.2, 0.25) is 0 Å². The summed E-state index contributed by atoms with van der Waals surface area (Å²) in [6.07, 6.45) is 0. The Bertz CT molecular complexity index is 516. The predicted molar refractivity (Wildman–Crippen MR) is 106 cm³/mol. The standard InChI is InChI=1S/2C10H18N3.2Li/c2*1-12(2)7-9-5-6-10(11-9)8-13(3)4;;/h2*5-6H,7-8H2,1-4H3;;/q2*-1;2*+1/p+4. The molecule has 0 aliphatic rings. The predicted octanol–water partition coefficient (Wildman–Crippen LogP) is -10.1. The van der Waals surface area contributed by atoms with Crippen molar-refractivity contribution in [3.63, 3.8) is 0 Å². The van der Waals surface area contributed by atoms with Crippen LogP contribution in [0.15, 0.2) is 24.3 Å². The molecule has 0 unspecified atom stereocenters. The van der Waals surface area contributed by atoms with Crippen molar-refractivity contribution in [3.05, 3.63) is 47.0 Å². The molecule has 2 aromatic heterocycles. The van der Waals surface area contributed by atoms with E-state index in [1.807, 2.05) is 0 Å². The van der Waals surface area contributed by atoms with Crippen LogP contribution in [0.1, 0.15) is 22.8 Å². The molecule has 2 aromatic rings. The molecular weight excluding hydrogens is 338 g/mol. The van der Waals surface area contributed by atoms with Crippen LogP contribution < -0.4 is 67.3 Å². The fourth-order valence-electron chi connectivity index (χ4n) is 2.75. The number of nitrogens with zero attached hydrogens (tertiary/aromatic N) is 2. The molecule has 0 spiro atoms. The van der Waals surface area contributed by atoms with Crippen LogP contribution in [0.5, 0.6) is 0 Å². The van der Waals surface area contributed by atoms with Gasteiger partial charge in [-0.2, -0.15) is 0 Å². The average Bonchev–Trinajstić information content (AvgIpc) is 3.07. The number of aromatic nitrogens is 2. The quantitative estimate of drug-likeness (QED) is 0.345. The first kappa shape index (κ1) is 29.8. The van der Waals surface area contributed by atoms with Crippen LogP contribution in [0.25, 0.3) is 0 Å². The van der Waals surface area contributed by atoms with Crippen LogP contribution in [0.3, 0.4) is 0 Å².